The van der Waals surface area contributed by atoms with Gasteiger partial charge in [0.05, 0.1) is 0 Å². The molecule has 3 rings (SSSR count). The number of para-hydroxylation sites is 1. The third kappa shape index (κ3) is 4.24. The molecule has 1 atom stereocenters. The molecule has 0 aliphatic carbocycles. The minimum Gasteiger partial charge on any atom is -0.506 e. The SMILES string of the molecule is Cc1cccc(C(C)C)c1NC(=O)[C@@H](C)OC(=O)c1ccc2ccccc2c1O. The molecule has 1 amide bonds. The largest absolute Gasteiger partial charge is 0.506 e. The van der Waals surface area contributed by atoms with Crippen LogP contribution in [0.15, 0.2) is 54.6 Å². The van der Waals surface area contributed by atoms with Crippen LogP contribution in [0.3, 0.4) is 0 Å². The van der Waals surface area contributed by atoms with E-state index >= 15 is 0 Å². The number of fused-ring (bicyclic) bond motifs is 1. The van der Waals surface area contributed by atoms with Gasteiger partial charge < -0.3 is 15.2 Å². The summed E-state index contributed by atoms with van der Waals surface area (Å²) in [7, 11) is 0. The number of carbonyl (C=O) groups excluding carboxylic acids is 2. The van der Waals surface area contributed by atoms with E-state index in [2.05, 4.69) is 19.2 Å². The Kier molecular flexibility index (Phi) is 5.87. The second-order valence-corrected chi connectivity index (χ2v) is 7.41. The van der Waals surface area contributed by atoms with Crippen LogP contribution in [0, 0.1) is 6.92 Å². The van der Waals surface area contributed by atoms with Gasteiger partial charge in [-0.1, -0.05) is 62.4 Å². The second-order valence-electron chi connectivity index (χ2n) is 7.41. The molecule has 5 nitrogen and oxygen atoms in total. The van der Waals surface area contributed by atoms with Crippen molar-refractivity contribution in [1.82, 2.24) is 0 Å². The van der Waals surface area contributed by atoms with Crippen molar-refractivity contribution in [3.63, 3.8) is 0 Å². The van der Waals surface area contributed by atoms with Crippen molar-refractivity contribution in [3.8, 4) is 5.75 Å². The Morgan fingerprint density at radius 1 is 0.966 bits per heavy atom. The fraction of sp³-hybridized carbons (Fsp3) is 0.250. The maximum atomic E-state index is 12.7. The van der Waals surface area contributed by atoms with Crippen molar-refractivity contribution in [2.45, 2.75) is 39.7 Å². The predicted molar refractivity (Wildman–Crippen MR) is 114 cm³/mol. The lowest BCUT2D eigenvalue weighted by Gasteiger charge is -2.19. The number of phenols is 1. The van der Waals surface area contributed by atoms with E-state index in [4.69, 9.17) is 4.74 Å². The average Bonchev–Trinajstić information content (AvgIpc) is 2.69. The topological polar surface area (TPSA) is 75.6 Å². The van der Waals surface area contributed by atoms with Crippen molar-refractivity contribution in [1.29, 1.82) is 0 Å². The van der Waals surface area contributed by atoms with Crippen molar-refractivity contribution in [2.75, 3.05) is 5.32 Å². The lowest BCUT2D eigenvalue weighted by atomic mass is 9.98. The third-order valence-corrected chi connectivity index (χ3v) is 4.95. The molecule has 150 valence electrons. The summed E-state index contributed by atoms with van der Waals surface area (Å²) in [4.78, 5) is 25.2. The van der Waals surface area contributed by atoms with E-state index in [1.165, 1.54) is 13.0 Å². The van der Waals surface area contributed by atoms with Gasteiger partial charge >= 0.3 is 5.97 Å². The highest BCUT2D eigenvalue weighted by molar-refractivity contribution is 6.03. The standard InChI is InChI=1S/C24H25NO4/c1-14(2)18-11-7-8-15(3)21(18)25-23(27)16(4)29-24(28)20-13-12-17-9-5-6-10-19(17)22(20)26/h5-14,16,26H,1-4H3,(H,25,27)/t16-/m1/s1. The summed E-state index contributed by atoms with van der Waals surface area (Å²) < 4.78 is 5.33. The van der Waals surface area contributed by atoms with E-state index in [0.29, 0.717) is 5.39 Å². The van der Waals surface area contributed by atoms with Crippen LogP contribution >= 0.6 is 0 Å². The summed E-state index contributed by atoms with van der Waals surface area (Å²) >= 11 is 0. The minimum atomic E-state index is -1.02. The molecule has 0 aliphatic heterocycles. The molecule has 0 aromatic heterocycles. The molecule has 3 aromatic rings. The van der Waals surface area contributed by atoms with E-state index in [0.717, 1.165) is 22.2 Å². The Labute approximate surface area is 170 Å². The number of carbonyl (C=O) groups is 2. The smallest absolute Gasteiger partial charge is 0.342 e. The van der Waals surface area contributed by atoms with Gasteiger partial charge in [-0.2, -0.15) is 0 Å². The number of rotatable bonds is 5. The highest BCUT2D eigenvalue weighted by Gasteiger charge is 2.23. The molecule has 0 unspecified atom stereocenters. The summed E-state index contributed by atoms with van der Waals surface area (Å²) in [6, 6.07) is 16.3. The highest BCUT2D eigenvalue weighted by atomic mass is 16.5. The van der Waals surface area contributed by atoms with Crippen LogP contribution in [-0.2, 0) is 9.53 Å². The Balaban J connectivity index is 1.77. The van der Waals surface area contributed by atoms with Gasteiger partial charge in [0.15, 0.2) is 6.10 Å². The number of aryl methyl sites for hydroxylation is 1. The number of nitrogens with one attached hydrogen (secondary N) is 1. The molecule has 0 aliphatic rings. The summed E-state index contributed by atoms with van der Waals surface area (Å²) in [6.45, 7) is 7.54. The first-order valence-corrected chi connectivity index (χ1v) is 9.61. The number of esters is 1. The Hall–Kier alpha value is -3.34. The number of aromatic hydroxyl groups is 1. The van der Waals surface area contributed by atoms with Crippen LogP contribution in [0.5, 0.6) is 5.75 Å². The number of benzene rings is 3. The summed E-state index contributed by atoms with van der Waals surface area (Å²) in [5.74, 6) is -1.08. The van der Waals surface area contributed by atoms with Gasteiger partial charge in [0.2, 0.25) is 0 Å². The number of anilines is 1. The molecule has 5 heteroatoms. The van der Waals surface area contributed by atoms with E-state index in [1.54, 1.807) is 18.2 Å². The average molecular weight is 391 g/mol. The maximum Gasteiger partial charge on any atom is 0.342 e. The number of phenolic OH excluding ortho intramolecular Hbond substituents is 1. The third-order valence-electron chi connectivity index (χ3n) is 4.95. The molecule has 0 fully saturated rings. The van der Waals surface area contributed by atoms with Gasteiger partial charge in [-0.3, -0.25) is 4.79 Å². The Bertz CT molecular complexity index is 1070. The molecule has 0 saturated heterocycles. The molecular formula is C24H25NO4. The predicted octanol–water partition coefficient (Wildman–Crippen LogP) is 5.16. The van der Waals surface area contributed by atoms with Crippen LogP contribution < -0.4 is 5.32 Å². The van der Waals surface area contributed by atoms with Crippen molar-refractivity contribution < 1.29 is 19.4 Å². The first-order valence-electron chi connectivity index (χ1n) is 9.61. The number of ether oxygens (including phenoxy) is 1. The molecule has 0 heterocycles. The zero-order valence-electron chi connectivity index (χ0n) is 17.0. The zero-order valence-corrected chi connectivity index (χ0v) is 17.0. The van der Waals surface area contributed by atoms with Crippen LogP contribution in [0.25, 0.3) is 10.8 Å². The Morgan fingerprint density at radius 3 is 2.41 bits per heavy atom. The molecule has 29 heavy (non-hydrogen) atoms. The summed E-state index contributed by atoms with van der Waals surface area (Å²) in [5.41, 5.74) is 2.73. The first-order chi connectivity index (χ1) is 13.8. The minimum absolute atomic E-state index is 0.0297. The number of hydrogen-bond acceptors (Lipinski definition) is 4. The van der Waals surface area contributed by atoms with Crippen LogP contribution in [0.2, 0.25) is 0 Å². The van der Waals surface area contributed by atoms with Crippen LogP contribution in [0.4, 0.5) is 5.69 Å². The molecule has 0 saturated carbocycles. The van der Waals surface area contributed by atoms with Gasteiger partial charge in [0.25, 0.3) is 5.91 Å². The van der Waals surface area contributed by atoms with Crippen molar-refractivity contribution in [2.24, 2.45) is 0 Å². The summed E-state index contributed by atoms with van der Waals surface area (Å²) in [5, 5.41) is 14.7. The van der Waals surface area contributed by atoms with Crippen LogP contribution in [0.1, 0.15) is 48.2 Å². The van der Waals surface area contributed by atoms with Gasteiger partial charge in [-0.25, -0.2) is 4.79 Å². The Morgan fingerprint density at radius 2 is 1.69 bits per heavy atom. The van der Waals surface area contributed by atoms with Gasteiger partial charge in [-0.15, -0.1) is 0 Å². The van der Waals surface area contributed by atoms with Gasteiger partial charge in [0, 0.05) is 11.1 Å². The highest BCUT2D eigenvalue weighted by Crippen LogP contribution is 2.30. The molecule has 0 spiro atoms. The van der Waals surface area contributed by atoms with Crippen LogP contribution in [-0.4, -0.2) is 23.1 Å². The quantitative estimate of drug-likeness (QED) is 0.589. The fourth-order valence-corrected chi connectivity index (χ4v) is 3.26. The summed E-state index contributed by atoms with van der Waals surface area (Å²) in [6.07, 6.45) is -1.02. The van der Waals surface area contributed by atoms with E-state index in [-0.39, 0.29) is 17.2 Å². The second kappa shape index (κ2) is 8.35. The van der Waals surface area contributed by atoms with E-state index in [1.807, 2.05) is 37.3 Å². The van der Waals surface area contributed by atoms with E-state index < -0.39 is 18.0 Å². The molecule has 0 radical (unpaired) electrons. The maximum absolute atomic E-state index is 12.7. The molecule has 3 aromatic carbocycles. The van der Waals surface area contributed by atoms with Crippen molar-refractivity contribution in [3.05, 3.63) is 71.3 Å². The molecular weight excluding hydrogens is 366 g/mol. The fourth-order valence-electron chi connectivity index (χ4n) is 3.26. The molecule has 0 bridgehead atoms. The zero-order chi connectivity index (χ0) is 21.1. The van der Waals surface area contributed by atoms with Gasteiger partial charge in [-0.05, 0) is 42.3 Å². The monoisotopic (exact) mass is 391 g/mol. The first kappa shape index (κ1) is 20.4. The lowest BCUT2D eigenvalue weighted by Crippen LogP contribution is -2.30. The number of hydrogen-bond donors (Lipinski definition) is 2. The van der Waals surface area contributed by atoms with Crippen molar-refractivity contribution >= 4 is 28.3 Å². The number of amides is 1. The van der Waals surface area contributed by atoms with E-state index in [9.17, 15) is 14.7 Å². The normalized spacial score (nSPS) is 12.0. The lowest BCUT2D eigenvalue weighted by molar-refractivity contribution is -0.123. The van der Waals surface area contributed by atoms with Gasteiger partial charge in [0.1, 0.15) is 11.3 Å². The molecule has 2 N–H and O–H groups in total.